The van der Waals surface area contributed by atoms with E-state index in [1.165, 1.54) is 22.6 Å². The van der Waals surface area contributed by atoms with Gasteiger partial charge in [-0.05, 0) is 76.8 Å². The molecule has 9 nitrogen and oxygen atoms in total. The molecular formula is C30H35FN6O3. The van der Waals surface area contributed by atoms with E-state index in [-0.39, 0.29) is 25.4 Å². The van der Waals surface area contributed by atoms with Gasteiger partial charge in [-0.2, -0.15) is 5.10 Å². The predicted octanol–water partition coefficient (Wildman–Crippen LogP) is 5.40. The van der Waals surface area contributed by atoms with Crippen molar-refractivity contribution < 1.29 is 19.1 Å². The molecular weight excluding hydrogens is 511 g/mol. The Bertz CT molecular complexity index is 1610. The molecule has 0 bridgehead atoms. The second-order valence-corrected chi connectivity index (χ2v) is 12.2. The molecule has 1 aliphatic heterocycles. The summed E-state index contributed by atoms with van der Waals surface area (Å²) in [6, 6.07) is 9.11. The van der Waals surface area contributed by atoms with Crippen LogP contribution in [-0.4, -0.2) is 76.9 Å². The summed E-state index contributed by atoms with van der Waals surface area (Å²) in [5.74, 6) is 0.316. The van der Waals surface area contributed by atoms with Gasteiger partial charge in [0.25, 0.3) is 5.91 Å². The summed E-state index contributed by atoms with van der Waals surface area (Å²) in [4.78, 5) is 32.9. The van der Waals surface area contributed by atoms with Crippen molar-refractivity contribution in [2.75, 3.05) is 13.1 Å². The number of aromatic nitrogens is 4. The molecule has 2 fully saturated rings. The maximum Gasteiger partial charge on any atom is 0.408 e. The van der Waals surface area contributed by atoms with Crippen LogP contribution in [0.5, 0.6) is 0 Å². The predicted molar refractivity (Wildman–Crippen MR) is 150 cm³/mol. The Morgan fingerprint density at radius 2 is 1.95 bits per heavy atom. The molecule has 40 heavy (non-hydrogen) atoms. The molecule has 0 radical (unpaired) electrons. The highest BCUT2D eigenvalue weighted by atomic mass is 19.1. The van der Waals surface area contributed by atoms with Crippen molar-refractivity contribution in [1.82, 2.24) is 29.0 Å². The number of fused-ring (bicyclic) bond motifs is 2. The Hall–Kier alpha value is -3.95. The molecule has 10 heteroatoms. The SMILES string of the molecule is Cc1c(-c2cc3cccnc3n2CC2CC2)nn2cc(C(=O)N3C[C@H](F)C[C@@H](N(C(=O)O)C(C)(C)C)C3)ccc12. The quantitative estimate of drug-likeness (QED) is 0.362. The molecule has 1 N–H and O–H groups in total. The lowest BCUT2D eigenvalue weighted by atomic mass is 9.96. The van der Waals surface area contributed by atoms with Crippen LogP contribution in [0.1, 0.15) is 56.0 Å². The molecule has 5 heterocycles. The van der Waals surface area contributed by atoms with Crippen LogP contribution in [0, 0.1) is 12.8 Å². The first-order valence-electron chi connectivity index (χ1n) is 13.9. The van der Waals surface area contributed by atoms with Crippen molar-refractivity contribution >= 4 is 28.6 Å². The summed E-state index contributed by atoms with van der Waals surface area (Å²) in [5.41, 5.74) is 4.34. The Morgan fingerprint density at radius 1 is 1.18 bits per heavy atom. The summed E-state index contributed by atoms with van der Waals surface area (Å²) < 4.78 is 18.8. The normalized spacial score (nSPS) is 19.9. The van der Waals surface area contributed by atoms with Crippen LogP contribution in [0.4, 0.5) is 9.18 Å². The molecule has 2 amide bonds. The topological polar surface area (TPSA) is 96.0 Å². The second-order valence-electron chi connectivity index (χ2n) is 12.2. The van der Waals surface area contributed by atoms with Gasteiger partial charge >= 0.3 is 6.09 Å². The van der Waals surface area contributed by atoms with Crippen LogP contribution in [0.2, 0.25) is 0 Å². The zero-order valence-electron chi connectivity index (χ0n) is 23.3. The van der Waals surface area contributed by atoms with Crippen LogP contribution < -0.4 is 0 Å². The number of hydrogen-bond donors (Lipinski definition) is 1. The summed E-state index contributed by atoms with van der Waals surface area (Å²) in [7, 11) is 0. The van der Waals surface area contributed by atoms with Crippen molar-refractivity contribution in [3.05, 3.63) is 53.9 Å². The lowest BCUT2D eigenvalue weighted by Crippen LogP contribution is -2.59. The van der Waals surface area contributed by atoms with E-state index in [0.29, 0.717) is 11.5 Å². The highest BCUT2D eigenvalue weighted by Crippen LogP contribution is 2.36. The van der Waals surface area contributed by atoms with E-state index in [4.69, 9.17) is 5.10 Å². The number of carbonyl (C=O) groups is 2. The number of carbonyl (C=O) groups excluding carboxylic acids is 1. The van der Waals surface area contributed by atoms with Crippen molar-refractivity contribution in [2.24, 2.45) is 5.92 Å². The summed E-state index contributed by atoms with van der Waals surface area (Å²) in [5, 5.41) is 15.8. The smallest absolute Gasteiger partial charge is 0.408 e. The molecule has 210 valence electrons. The van der Waals surface area contributed by atoms with Gasteiger partial charge in [-0.3, -0.25) is 9.69 Å². The fourth-order valence-electron chi connectivity index (χ4n) is 6.11. The molecule has 4 aromatic rings. The minimum Gasteiger partial charge on any atom is -0.465 e. The number of hydrogen-bond acceptors (Lipinski definition) is 4. The van der Waals surface area contributed by atoms with Crippen molar-refractivity contribution in [1.29, 1.82) is 0 Å². The molecule has 0 spiro atoms. The van der Waals surface area contributed by atoms with Gasteiger partial charge in [0.15, 0.2) is 0 Å². The summed E-state index contributed by atoms with van der Waals surface area (Å²) >= 11 is 0. The standard InChI is InChI=1S/C30H35FN6O3/c1-18-24-10-9-21(28(38)34-16-22(31)13-23(17-34)37(29(39)40)30(2,3)4)15-36(24)33-26(18)25-12-20-6-5-11-32-27(20)35(25)14-19-7-8-19/h5-6,9-12,15,19,22-23H,7-8,13-14,16-17H2,1-4H3,(H,39,40)/t22-,23-/m1/s1. The summed E-state index contributed by atoms with van der Waals surface area (Å²) in [6.07, 6.45) is 3.59. The Kier molecular flexibility index (Phi) is 6.31. The Labute approximate surface area is 232 Å². The Balaban J connectivity index is 1.33. The van der Waals surface area contributed by atoms with Crippen LogP contribution >= 0.6 is 0 Å². The first kappa shape index (κ1) is 26.3. The van der Waals surface area contributed by atoms with Crippen molar-refractivity contribution in [3.63, 3.8) is 0 Å². The van der Waals surface area contributed by atoms with Gasteiger partial charge in [-0.15, -0.1) is 0 Å². The number of piperidine rings is 1. The van der Waals surface area contributed by atoms with Gasteiger partial charge in [0.2, 0.25) is 0 Å². The van der Waals surface area contributed by atoms with E-state index < -0.39 is 23.8 Å². The lowest BCUT2D eigenvalue weighted by Gasteiger charge is -2.45. The van der Waals surface area contributed by atoms with E-state index in [0.717, 1.165) is 40.0 Å². The number of likely N-dealkylation sites (tertiary alicyclic amines) is 1. The van der Waals surface area contributed by atoms with Gasteiger partial charge in [-0.25, -0.2) is 18.7 Å². The van der Waals surface area contributed by atoms with E-state index in [9.17, 15) is 19.1 Å². The number of nitrogens with zero attached hydrogens (tertiary/aromatic N) is 6. The van der Waals surface area contributed by atoms with Gasteiger partial charge < -0.3 is 14.6 Å². The van der Waals surface area contributed by atoms with Crippen molar-refractivity contribution in [3.8, 4) is 11.4 Å². The fourth-order valence-corrected chi connectivity index (χ4v) is 6.11. The van der Waals surface area contributed by atoms with E-state index in [1.807, 2.05) is 25.3 Å². The third-order valence-corrected chi connectivity index (χ3v) is 8.12. The number of carboxylic acid groups (broad SMARTS) is 1. The average molecular weight is 547 g/mol. The number of aryl methyl sites for hydroxylation is 1. The van der Waals surface area contributed by atoms with E-state index in [2.05, 4.69) is 21.7 Å². The average Bonchev–Trinajstić information content (AvgIpc) is 3.56. The highest BCUT2D eigenvalue weighted by Gasteiger charge is 2.40. The highest BCUT2D eigenvalue weighted by molar-refractivity contribution is 5.95. The maximum atomic E-state index is 14.9. The molecule has 1 saturated carbocycles. The third-order valence-electron chi connectivity index (χ3n) is 8.12. The number of halogens is 1. The van der Waals surface area contributed by atoms with Crippen LogP contribution in [-0.2, 0) is 6.54 Å². The maximum absolute atomic E-state index is 14.9. The Morgan fingerprint density at radius 3 is 2.65 bits per heavy atom. The zero-order valence-corrected chi connectivity index (χ0v) is 23.3. The van der Waals surface area contributed by atoms with Crippen LogP contribution in [0.3, 0.4) is 0 Å². The van der Waals surface area contributed by atoms with Crippen LogP contribution in [0.25, 0.3) is 27.9 Å². The first-order chi connectivity index (χ1) is 19.0. The zero-order chi connectivity index (χ0) is 28.3. The molecule has 6 rings (SSSR count). The lowest BCUT2D eigenvalue weighted by molar-refractivity contribution is 0.0125. The van der Waals surface area contributed by atoms with Gasteiger partial charge in [0.05, 0.1) is 29.4 Å². The number of alkyl halides is 1. The van der Waals surface area contributed by atoms with Gasteiger partial charge in [0, 0.05) is 48.4 Å². The molecule has 4 aromatic heterocycles. The number of rotatable bonds is 5. The van der Waals surface area contributed by atoms with E-state index in [1.54, 1.807) is 37.5 Å². The molecule has 2 atom stereocenters. The minimum atomic E-state index is -1.31. The molecule has 2 aliphatic rings. The molecule has 1 saturated heterocycles. The second kappa shape index (κ2) is 9.60. The number of amides is 2. The third kappa shape index (κ3) is 4.69. The minimum absolute atomic E-state index is 0.0668. The van der Waals surface area contributed by atoms with Gasteiger partial charge in [0.1, 0.15) is 17.5 Å². The molecule has 0 unspecified atom stereocenters. The largest absolute Gasteiger partial charge is 0.465 e. The monoisotopic (exact) mass is 546 g/mol. The molecule has 0 aromatic carbocycles. The molecule has 1 aliphatic carbocycles. The van der Waals surface area contributed by atoms with Crippen LogP contribution in [0.15, 0.2) is 42.7 Å². The van der Waals surface area contributed by atoms with Gasteiger partial charge in [-0.1, -0.05) is 0 Å². The first-order valence-corrected chi connectivity index (χ1v) is 13.9. The van der Waals surface area contributed by atoms with Crippen molar-refractivity contribution in [2.45, 2.75) is 71.3 Å². The number of pyridine rings is 2. The van der Waals surface area contributed by atoms with E-state index >= 15 is 0 Å². The summed E-state index contributed by atoms with van der Waals surface area (Å²) in [6.45, 7) is 8.33. The fraction of sp³-hybridized carbons (Fsp3) is 0.467.